The topological polar surface area (TPSA) is 74.2 Å². The van der Waals surface area contributed by atoms with Crippen LogP contribution in [0.5, 0.6) is 0 Å². The van der Waals surface area contributed by atoms with Crippen molar-refractivity contribution in [2.75, 3.05) is 32.7 Å². The van der Waals surface area contributed by atoms with E-state index in [0.717, 1.165) is 67.7 Å². The number of hydrogen-bond acceptors (Lipinski definition) is 6. The number of alkyl halides is 2. The van der Waals surface area contributed by atoms with Crippen LogP contribution in [0.25, 0.3) is 0 Å². The molecule has 7 nitrogen and oxygen atoms in total. The molecule has 4 aliphatic rings. The molecular weight excluding hydrogens is 582 g/mol. The van der Waals surface area contributed by atoms with Gasteiger partial charge in [0, 0.05) is 79.7 Å². The second kappa shape index (κ2) is 15.1. The van der Waals surface area contributed by atoms with Crippen molar-refractivity contribution < 1.29 is 13.6 Å². The van der Waals surface area contributed by atoms with Crippen LogP contribution < -0.4 is 5.32 Å². The van der Waals surface area contributed by atoms with Gasteiger partial charge in [0.25, 0.3) is 5.92 Å². The molecule has 3 atom stereocenters. The number of carbonyl (C=O) groups excluding carboxylic acids is 1. The van der Waals surface area contributed by atoms with Gasteiger partial charge in [-0.3, -0.25) is 14.7 Å². The lowest BCUT2D eigenvalue weighted by Gasteiger charge is -2.38. The molecule has 3 unspecified atom stereocenters. The molecule has 0 bridgehead atoms. The number of piperidine rings is 1. The van der Waals surface area contributed by atoms with Gasteiger partial charge in [-0.05, 0) is 89.9 Å². The van der Waals surface area contributed by atoms with Crippen molar-refractivity contribution in [1.82, 2.24) is 30.1 Å². The molecular formula is C37H54F2N6O. The van der Waals surface area contributed by atoms with Crippen molar-refractivity contribution in [3.63, 3.8) is 0 Å². The Morgan fingerprint density at radius 2 is 1.59 bits per heavy atom. The second-order valence-electron chi connectivity index (χ2n) is 14.7. The zero-order valence-electron chi connectivity index (χ0n) is 28.0. The Hall–Kier alpha value is -2.52. The molecule has 2 saturated heterocycles. The van der Waals surface area contributed by atoms with Gasteiger partial charge in [0.2, 0.25) is 5.91 Å². The number of pyridine rings is 1. The molecule has 0 aromatic carbocycles. The van der Waals surface area contributed by atoms with Crippen LogP contribution >= 0.6 is 0 Å². The highest BCUT2D eigenvalue weighted by Crippen LogP contribution is 2.36. The van der Waals surface area contributed by atoms with Gasteiger partial charge >= 0.3 is 0 Å². The Balaban J connectivity index is 1.14. The standard InChI is InChI=1S/C37H54F2N6O/c1-26(2)44-19-7-6-9-27(16-20-44)32-15-14-30-31(12-8-13-33(30)43-32)36(46)42-25-34(45-21-17-37(38,39)18-22-45)29-23-40-35(41-24-29)28-10-4-3-5-11-28/h14-15,23-24,26-28,31,34H,3-13,16-22,25H2,1-2H3,(H,42,46). The number of hydrogen-bond donors (Lipinski definition) is 1. The van der Waals surface area contributed by atoms with E-state index in [-0.39, 0.29) is 43.8 Å². The quantitative estimate of drug-likeness (QED) is 0.328. The maximum absolute atomic E-state index is 14.1. The summed E-state index contributed by atoms with van der Waals surface area (Å²) in [5.41, 5.74) is 4.20. The fourth-order valence-electron chi connectivity index (χ4n) is 8.30. The number of halogens is 2. The van der Waals surface area contributed by atoms with Crippen LogP contribution in [0.4, 0.5) is 8.78 Å². The lowest BCUT2D eigenvalue weighted by atomic mass is 9.83. The number of aryl methyl sites for hydroxylation is 1. The van der Waals surface area contributed by atoms with Crippen LogP contribution in [0, 0.1) is 0 Å². The summed E-state index contributed by atoms with van der Waals surface area (Å²) in [4.78, 5) is 33.2. The maximum atomic E-state index is 14.1. The first kappa shape index (κ1) is 33.4. The average molecular weight is 637 g/mol. The molecule has 3 fully saturated rings. The van der Waals surface area contributed by atoms with Crippen LogP contribution in [0.15, 0.2) is 24.5 Å². The Labute approximate surface area is 274 Å². The van der Waals surface area contributed by atoms with Crippen LogP contribution in [-0.4, -0.2) is 75.3 Å². The summed E-state index contributed by atoms with van der Waals surface area (Å²) in [6.07, 6.45) is 16.8. The first-order chi connectivity index (χ1) is 22.3. The molecule has 2 aromatic rings. The fourth-order valence-corrected chi connectivity index (χ4v) is 8.30. The number of rotatable bonds is 8. The minimum Gasteiger partial charge on any atom is -0.354 e. The third-order valence-electron chi connectivity index (χ3n) is 11.3. The lowest BCUT2D eigenvalue weighted by Crippen LogP contribution is -2.45. The predicted molar refractivity (Wildman–Crippen MR) is 177 cm³/mol. The normalized spacial score (nSPS) is 25.8. The Morgan fingerprint density at radius 1 is 0.870 bits per heavy atom. The fraction of sp³-hybridized carbons (Fsp3) is 0.730. The van der Waals surface area contributed by atoms with E-state index in [1.807, 2.05) is 12.4 Å². The highest BCUT2D eigenvalue weighted by molar-refractivity contribution is 5.84. The highest BCUT2D eigenvalue weighted by atomic mass is 19.3. The van der Waals surface area contributed by atoms with Gasteiger partial charge in [-0.1, -0.05) is 31.7 Å². The summed E-state index contributed by atoms with van der Waals surface area (Å²) in [6, 6.07) is 4.67. The summed E-state index contributed by atoms with van der Waals surface area (Å²) < 4.78 is 28.2. The van der Waals surface area contributed by atoms with Crippen LogP contribution in [0.3, 0.4) is 0 Å². The first-order valence-electron chi connectivity index (χ1n) is 18.2. The van der Waals surface area contributed by atoms with Crippen molar-refractivity contribution in [3.8, 4) is 0 Å². The smallest absolute Gasteiger partial charge is 0.250 e. The van der Waals surface area contributed by atoms with Gasteiger partial charge in [0.1, 0.15) is 5.82 Å². The van der Waals surface area contributed by atoms with Crippen molar-refractivity contribution in [2.45, 2.75) is 139 Å². The molecule has 1 saturated carbocycles. The molecule has 2 aliphatic carbocycles. The molecule has 1 amide bonds. The van der Waals surface area contributed by atoms with Gasteiger partial charge < -0.3 is 10.2 Å². The monoisotopic (exact) mass is 636 g/mol. The van der Waals surface area contributed by atoms with Crippen molar-refractivity contribution in [2.24, 2.45) is 0 Å². The van der Waals surface area contributed by atoms with Crippen LogP contribution in [-0.2, 0) is 11.2 Å². The van der Waals surface area contributed by atoms with Crippen molar-refractivity contribution in [1.29, 1.82) is 0 Å². The highest BCUT2D eigenvalue weighted by Gasteiger charge is 2.37. The molecule has 0 spiro atoms. The minimum atomic E-state index is -2.63. The average Bonchev–Trinajstić information content (AvgIpc) is 3.05. The summed E-state index contributed by atoms with van der Waals surface area (Å²) in [5.74, 6) is -1.12. The lowest BCUT2D eigenvalue weighted by molar-refractivity contribution is -0.123. The summed E-state index contributed by atoms with van der Waals surface area (Å²) in [5, 5.41) is 3.24. The van der Waals surface area contributed by atoms with Crippen LogP contribution in [0.2, 0.25) is 0 Å². The zero-order valence-corrected chi connectivity index (χ0v) is 28.0. The minimum absolute atomic E-state index is 0.00103. The van der Waals surface area contributed by atoms with E-state index in [1.165, 1.54) is 50.8 Å². The molecule has 2 aromatic heterocycles. The molecule has 6 rings (SSSR count). The van der Waals surface area contributed by atoms with E-state index in [9.17, 15) is 13.6 Å². The Kier molecular flexibility index (Phi) is 11.0. The summed E-state index contributed by atoms with van der Waals surface area (Å²) in [7, 11) is 0. The third-order valence-corrected chi connectivity index (χ3v) is 11.3. The number of aromatic nitrogens is 3. The largest absolute Gasteiger partial charge is 0.354 e. The summed E-state index contributed by atoms with van der Waals surface area (Å²) >= 11 is 0. The second-order valence-corrected chi connectivity index (χ2v) is 14.7. The number of carbonyl (C=O) groups is 1. The third kappa shape index (κ3) is 8.12. The van der Waals surface area contributed by atoms with E-state index < -0.39 is 5.92 Å². The van der Waals surface area contributed by atoms with E-state index in [2.05, 4.69) is 41.1 Å². The summed E-state index contributed by atoms with van der Waals surface area (Å²) in [6.45, 7) is 7.78. The number of fused-ring (bicyclic) bond motifs is 1. The number of nitrogens with one attached hydrogen (secondary N) is 1. The molecule has 4 heterocycles. The van der Waals surface area contributed by atoms with Crippen molar-refractivity contribution >= 4 is 5.91 Å². The molecule has 9 heteroatoms. The number of nitrogens with zero attached hydrogens (tertiary/aromatic N) is 5. The molecule has 1 N–H and O–H groups in total. The SMILES string of the molecule is CC(C)N1CCCCC(c2ccc3c(n2)CCCC3C(=O)NCC(c2cnc(C3CCCCC3)nc2)N2CCC(F)(F)CC2)CC1. The van der Waals surface area contributed by atoms with E-state index in [4.69, 9.17) is 15.0 Å². The maximum Gasteiger partial charge on any atom is 0.250 e. The van der Waals surface area contributed by atoms with Gasteiger partial charge in [0.05, 0.1) is 12.0 Å². The van der Waals surface area contributed by atoms with Crippen LogP contribution in [0.1, 0.15) is 149 Å². The molecule has 0 radical (unpaired) electrons. The van der Waals surface area contributed by atoms with Gasteiger partial charge in [-0.15, -0.1) is 0 Å². The van der Waals surface area contributed by atoms with E-state index in [0.29, 0.717) is 24.4 Å². The van der Waals surface area contributed by atoms with Gasteiger partial charge in [-0.2, -0.15) is 0 Å². The molecule has 46 heavy (non-hydrogen) atoms. The van der Waals surface area contributed by atoms with E-state index >= 15 is 0 Å². The first-order valence-corrected chi connectivity index (χ1v) is 18.2. The van der Waals surface area contributed by atoms with Gasteiger partial charge in [0.15, 0.2) is 0 Å². The molecule has 2 aliphatic heterocycles. The van der Waals surface area contributed by atoms with E-state index in [1.54, 1.807) is 0 Å². The van der Waals surface area contributed by atoms with Gasteiger partial charge in [-0.25, -0.2) is 18.7 Å². The Morgan fingerprint density at radius 3 is 2.33 bits per heavy atom. The van der Waals surface area contributed by atoms with Crippen molar-refractivity contribution in [3.05, 3.63) is 52.9 Å². The Bertz CT molecular complexity index is 1290. The predicted octanol–water partition coefficient (Wildman–Crippen LogP) is 7.30. The zero-order chi connectivity index (χ0) is 32.1. The molecule has 252 valence electrons. The number of amides is 1. The number of likely N-dealkylation sites (tertiary alicyclic amines) is 2.